The molecule has 0 spiro atoms. The molecule has 0 rings (SSSR count). The Morgan fingerprint density at radius 1 is 0.212 bits per heavy atom. The number of rotatable bonds is 59. The number of hydrogen-bond donors (Lipinski definition) is 0. The molecule has 0 heterocycles. The molecule has 14 heteroatoms. The van der Waals surface area contributed by atoms with Gasteiger partial charge in [-0.25, -0.2) is 0 Å². The van der Waals surface area contributed by atoms with Gasteiger partial charge < -0.3 is 56.8 Å². The van der Waals surface area contributed by atoms with E-state index in [1.54, 1.807) is 0 Å². The molecule has 0 aliphatic rings. The highest BCUT2D eigenvalue weighted by molar-refractivity contribution is 5.69. The van der Waals surface area contributed by atoms with Crippen molar-refractivity contribution in [3.63, 3.8) is 0 Å². The smallest absolute Gasteiger partial charge is 0.305 e. The van der Waals surface area contributed by atoms with Crippen LogP contribution < -0.4 is 0 Å². The van der Waals surface area contributed by atoms with Crippen molar-refractivity contribution in [3.05, 3.63) is 0 Å². The highest BCUT2D eigenvalue weighted by Crippen LogP contribution is 2.14. The first kappa shape index (κ1) is 64.5. The van der Waals surface area contributed by atoms with Gasteiger partial charge in [-0.05, 0) is 12.8 Å². The molecular weight excluding hydrogens is 849 g/mol. The summed E-state index contributed by atoms with van der Waals surface area (Å²) < 4.78 is 65.6. The van der Waals surface area contributed by atoms with Crippen LogP contribution in [0.15, 0.2) is 0 Å². The zero-order valence-electron chi connectivity index (χ0n) is 42.7. The Morgan fingerprint density at radius 2 is 0.364 bits per heavy atom. The van der Waals surface area contributed by atoms with Gasteiger partial charge in [-0.1, -0.05) is 155 Å². The van der Waals surface area contributed by atoms with E-state index in [-0.39, 0.29) is 25.2 Å². The Balaban J connectivity index is 3.16. The average molecular weight is 951 g/mol. The van der Waals surface area contributed by atoms with E-state index in [2.05, 4.69) is 13.8 Å². The molecular formula is C52H102O14. The van der Waals surface area contributed by atoms with Gasteiger partial charge in [0.05, 0.1) is 132 Å². The van der Waals surface area contributed by atoms with E-state index < -0.39 is 0 Å². The number of unbranched alkanes of at least 4 members (excludes halogenated alkanes) is 22. The van der Waals surface area contributed by atoms with Crippen molar-refractivity contribution in [1.82, 2.24) is 0 Å². The summed E-state index contributed by atoms with van der Waals surface area (Å²) in [5, 5.41) is 0. The van der Waals surface area contributed by atoms with Gasteiger partial charge in [0.1, 0.15) is 13.2 Å². The van der Waals surface area contributed by atoms with Gasteiger partial charge in [0, 0.05) is 12.8 Å². The molecule has 0 unspecified atom stereocenters. The van der Waals surface area contributed by atoms with E-state index in [0.29, 0.717) is 145 Å². The molecule has 0 N–H and O–H groups in total. The number of hydrogen-bond acceptors (Lipinski definition) is 14. The first-order chi connectivity index (χ1) is 32.7. The molecule has 0 aromatic heterocycles. The Labute approximate surface area is 403 Å². The Morgan fingerprint density at radius 3 is 0.545 bits per heavy atom. The van der Waals surface area contributed by atoms with Crippen molar-refractivity contribution in [1.29, 1.82) is 0 Å². The molecule has 0 aliphatic heterocycles. The standard InChI is InChI=1S/C52H102O14/c1-3-5-7-9-11-13-14-15-16-17-18-20-22-24-26-28-52(54)66-50-48-64-46-44-62-42-40-60-38-36-58-34-32-56-30-29-55-31-33-57-35-37-59-39-41-61-43-45-63-47-49-65-51(53)27-25-23-21-19-12-10-8-6-4-2/h3-50H2,1-2H3. The maximum absolute atomic E-state index is 11.9. The largest absolute Gasteiger partial charge is 0.463 e. The van der Waals surface area contributed by atoms with Crippen LogP contribution in [-0.2, 0) is 66.4 Å². The van der Waals surface area contributed by atoms with E-state index in [0.717, 1.165) is 25.7 Å². The first-order valence-corrected chi connectivity index (χ1v) is 26.8. The van der Waals surface area contributed by atoms with Gasteiger partial charge in [0.25, 0.3) is 0 Å². The van der Waals surface area contributed by atoms with Crippen LogP contribution in [0.5, 0.6) is 0 Å². The summed E-state index contributed by atoms with van der Waals surface area (Å²) in [6.07, 6.45) is 31.8. The van der Waals surface area contributed by atoms with Crippen LogP contribution in [0.1, 0.15) is 181 Å². The second-order valence-electron chi connectivity index (χ2n) is 16.8. The van der Waals surface area contributed by atoms with E-state index in [4.69, 9.17) is 56.8 Å². The highest BCUT2D eigenvalue weighted by atomic mass is 16.6. The molecule has 0 saturated heterocycles. The Hall–Kier alpha value is -1.46. The molecule has 0 atom stereocenters. The maximum atomic E-state index is 11.9. The van der Waals surface area contributed by atoms with Crippen molar-refractivity contribution < 1.29 is 66.4 Å². The monoisotopic (exact) mass is 951 g/mol. The van der Waals surface area contributed by atoms with Crippen LogP contribution in [0.2, 0.25) is 0 Å². The van der Waals surface area contributed by atoms with Crippen LogP contribution in [0.3, 0.4) is 0 Å². The molecule has 394 valence electrons. The van der Waals surface area contributed by atoms with Crippen molar-refractivity contribution in [2.45, 2.75) is 181 Å². The fraction of sp³-hybridized carbons (Fsp3) is 0.962. The zero-order valence-corrected chi connectivity index (χ0v) is 42.7. The molecule has 66 heavy (non-hydrogen) atoms. The highest BCUT2D eigenvalue weighted by Gasteiger charge is 2.05. The van der Waals surface area contributed by atoms with Gasteiger partial charge in [-0.3, -0.25) is 9.59 Å². The first-order valence-electron chi connectivity index (χ1n) is 26.8. The zero-order chi connectivity index (χ0) is 47.6. The molecule has 0 aromatic rings. The minimum Gasteiger partial charge on any atom is -0.463 e. The van der Waals surface area contributed by atoms with Gasteiger partial charge >= 0.3 is 11.9 Å². The molecule has 0 radical (unpaired) electrons. The van der Waals surface area contributed by atoms with Crippen molar-refractivity contribution in [2.75, 3.05) is 145 Å². The SMILES string of the molecule is CCCCCCCCCCCCCCCCCC(=O)OCCOCCOCCOCCOCCOCCOCCOCCOCCOCCOCCOC(=O)CCCCCCCCCCC. The normalized spacial score (nSPS) is 11.5. The van der Waals surface area contributed by atoms with Crippen LogP contribution in [0.25, 0.3) is 0 Å². The van der Waals surface area contributed by atoms with Crippen molar-refractivity contribution in [3.8, 4) is 0 Å². The molecule has 0 aromatic carbocycles. The van der Waals surface area contributed by atoms with E-state index in [1.807, 2.05) is 0 Å². The quantitative estimate of drug-likeness (QED) is 0.0421. The van der Waals surface area contributed by atoms with Gasteiger partial charge in [-0.15, -0.1) is 0 Å². The number of ether oxygens (including phenoxy) is 12. The average Bonchev–Trinajstić information content (AvgIpc) is 3.32. The summed E-state index contributed by atoms with van der Waals surface area (Å²) in [5.41, 5.74) is 0. The summed E-state index contributed by atoms with van der Waals surface area (Å²) in [6.45, 7) is 14.5. The molecule has 0 amide bonds. The fourth-order valence-electron chi connectivity index (χ4n) is 6.88. The van der Waals surface area contributed by atoms with Crippen LogP contribution in [0, 0.1) is 0 Å². The number of carbonyl (C=O) groups excluding carboxylic acids is 2. The maximum Gasteiger partial charge on any atom is 0.305 e. The lowest BCUT2D eigenvalue weighted by Crippen LogP contribution is -2.16. The minimum atomic E-state index is -0.138. The van der Waals surface area contributed by atoms with Gasteiger partial charge in [0.2, 0.25) is 0 Å². The lowest BCUT2D eigenvalue weighted by molar-refractivity contribution is -0.146. The van der Waals surface area contributed by atoms with Crippen molar-refractivity contribution >= 4 is 11.9 Å². The van der Waals surface area contributed by atoms with Crippen molar-refractivity contribution in [2.24, 2.45) is 0 Å². The van der Waals surface area contributed by atoms with E-state index in [1.165, 1.54) is 128 Å². The second-order valence-corrected chi connectivity index (χ2v) is 16.8. The van der Waals surface area contributed by atoms with Crippen LogP contribution in [-0.4, -0.2) is 157 Å². The summed E-state index contributed by atoms with van der Waals surface area (Å²) in [7, 11) is 0. The van der Waals surface area contributed by atoms with Crippen LogP contribution in [0.4, 0.5) is 0 Å². The summed E-state index contributed by atoms with van der Waals surface area (Å²) in [6, 6.07) is 0. The topological polar surface area (TPSA) is 145 Å². The van der Waals surface area contributed by atoms with Gasteiger partial charge in [-0.2, -0.15) is 0 Å². The molecule has 0 saturated carbocycles. The third-order valence-electron chi connectivity index (χ3n) is 10.8. The Kier molecular flexibility index (Phi) is 58.3. The lowest BCUT2D eigenvalue weighted by Gasteiger charge is -2.09. The summed E-state index contributed by atoms with van der Waals surface area (Å²) in [5.74, 6) is -0.271. The number of carbonyl (C=O) groups is 2. The predicted octanol–water partition coefficient (Wildman–Crippen LogP) is 10.4. The number of esters is 2. The van der Waals surface area contributed by atoms with Gasteiger partial charge in [0.15, 0.2) is 0 Å². The Bertz CT molecular complexity index is 930. The third kappa shape index (κ3) is 58.7. The van der Waals surface area contributed by atoms with Crippen LogP contribution >= 0.6 is 0 Å². The molecule has 0 bridgehead atoms. The third-order valence-corrected chi connectivity index (χ3v) is 10.8. The van der Waals surface area contributed by atoms with E-state index >= 15 is 0 Å². The fourth-order valence-corrected chi connectivity index (χ4v) is 6.88. The lowest BCUT2D eigenvalue weighted by atomic mass is 10.0. The predicted molar refractivity (Wildman–Crippen MR) is 261 cm³/mol. The summed E-state index contributed by atoms with van der Waals surface area (Å²) in [4.78, 5) is 23.8. The molecule has 14 nitrogen and oxygen atoms in total. The minimum absolute atomic E-state index is 0.133. The molecule has 0 aliphatic carbocycles. The summed E-state index contributed by atoms with van der Waals surface area (Å²) >= 11 is 0. The van der Waals surface area contributed by atoms with E-state index in [9.17, 15) is 9.59 Å². The second kappa shape index (κ2) is 59.7. The molecule has 0 fully saturated rings.